The number of anilines is 1. The molecular weight excluding hydrogens is 374 g/mol. The lowest BCUT2D eigenvalue weighted by atomic mass is 10.1. The number of carbonyl (C=O) groups excluding carboxylic acids is 1. The van der Waals surface area contributed by atoms with Crippen LogP contribution in [0.4, 0.5) is 5.69 Å². The highest BCUT2D eigenvalue weighted by molar-refractivity contribution is 7.89. The minimum Gasteiger partial charge on any atom is -0.322 e. The number of hydrogen-bond donors (Lipinski definition) is 1. The lowest BCUT2D eigenvalue weighted by Gasteiger charge is -2.26. The van der Waals surface area contributed by atoms with Crippen molar-refractivity contribution in [2.45, 2.75) is 24.2 Å². The van der Waals surface area contributed by atoms with Gasteiger partial charge in [-0.25, -0.2) is 8.42 Å². The third-order valence-electron chi connectivity index (χ3n) is 4.94. The Morgan fingerprint density at radius 2 is 1.75 bits per heavy atom. The molecule has 1 N–H and O–H groups in total. The Morgan fingerprint density at radius 3 is 2.57 bits per heavy atom. The van der Waals surface area contributed by atoms with Crippen LogP contribution in [0.5, 0.6) is 0 Å². The molecule has 6 nitrogen and oxygen atoms in total. The lowest BCUT2D eigenvalue weighted by molar-refractivity contribution is 0.102. The van der Waals surface area contributed by atoms with Crippen molar-refractivity contribution in [3.63, 3.8) is 0 Å². The van der Waals surface area contributed by atoms with Crippen molar-refractivity contribution >= 4 is 32.5 Å². The topological polar surface area (TPSA) is 79.4 Å². The zero-order valence-corrected chi connectivity index (χ0v) is 16.2. The molecule has 0 radical (unpaired) electrons. The number of amides is 1. The Kier molecular flexibility index (Phi) is 5.11. The van der Waals surface area contributed by atoms with Crippen LogP contribution in [0.25, 0.3) is 10.9 Å². The van der Waals surface area contributed by atoms with Gasteiger partial charge in [-0.3, -0.25) is 9.78 Å². The number of hydrogen-bond acceptors (Lipinski definition) is 4. The van der Waals surface area contributed by atoms with Crippen molar-refractivity contribution in [1.29, 1.82) is 0 Å². The number of sulfonamides is 1. The Labute approximate surface area is 164 Å². The first kappa shape index (κ1) is 18.6. The highest BCUT2D eigenvalue weighted by Gasteiger charge is 2.26. The first-order valence-corrected chi connectivity index (χ1v) is 10.7. The summed E-state index contributed by atoms with van der Waals surface area (Å²) in [6.45, 7) is 1.09. The van der Waals surface area contributed by atoms with Gasteiger partial charge in [-0.1, -0.05) is 24.6 Å². The van der Waals surface area contributed by atoms with Crippen LogP contribution < -0.4 is 5.32 Å². The van der Waals surface area contributed by atoms with Crippen molar-refractivity contribution in [3.05, 3.63) is 66.4 Å². The fourth-order valence-corrected chi connectivity index (χ4v) is 5.05. The predicted octanol–water partition coefficient (Wildman–Crippen LogP) is 3.66. The van der Waals surface area contributed by atoms with Crippen LogP contribution in [-0.4, -0.2) is 36.7 Å². The summed E-state index contributed by atoms with van der Waals surface area (Å²) in [5.41, 5.74) is 1.68. The number of piperidine rings is 1. The van der Waals surface area contributed by atoms with E-state index in [2.05, 4.69) is 10.3 Å². The predicted molar refractivity (Wildman–Crippen MR) is 109 cm³/mol. The van der Waals surface area contributed by atoms with Gasteiger partial charge in [-0.15, -0.1) is 0 Å². The SMILES string of the molecule is O=C(Nc1cccc(S(=O)(=O)N2CCCCC2)c1)c1cccc2ncccc12. The van der Waals surface area contributed by atoms with Crippen LogP contribution in [0.1, 0.15) is 29.6 Å². The number of rotatable bonds is 4. The molecule has 0 spiro atoms. The Balaban J connectivity index is 1.60. The first-order valence-electron chi connectivity index (χ1n) is 9.31. The maximum atomic E-state index is 12.9. The molecule has 1 fully saturated rings. The molecule has 1 aliphatic heterocycles. The Morgan fingerprint density at radius 1 is 0.964 bits per heavy atom. The van der Waals surface area contributed by atoms with E-state index in [-0.39, 0.29) is 10.8 Å². The van der Waals surface area contributed by atoms with Gasteiger partial charge >= 0.3 is 0 Å². The van der Waals surface area contributed by atoms with E-state index in [0.29, 0.717) is 24.3 Å². The van der Waals surface area contributed by atoms with E-state index in [0.717, 1.165) is 30.2 Å². The maximum Gasteiger partial charge on any atom is 0.256 e. The van der Waals surface area contributed by atoms with Gasteiger partial charge in [-0.05, 0) is 49.2 Å². The van der Waals surface area contributed by atoms with E-state index >= 15 is 0 Å². The molecule has 3 aromatic rings. The van der Waals surface area contributed by atoms with Crippen LogP contribution in [-0.2, 0) is 10.0 Å². The second-order valence-electron chi connectivity index (χ2n) is 6.82. The van der Waals surface area contributed by atoms with E-state index < -0.39 is 10.0 Å². The highest BCUT2D eigenvalue weighted by atomic mass is 32.2. The normalized spacial score (nSPS) is 15.4. The van der Waals surface area contributed by atoms with Gasteiger partial charge in [0.05, 0.1) is 10.4 Å². The molecule has 1 amide bonds. The standard InChI is InChI=1S/C21H21N3O3S/c25-21(19-9-5-11-20-18(19)10-6-12-22-20)23-16-7-4-8-17(15-16)28(26,27)24-13-2-1-3-14-24/h4-12,15H,1-3,13-14H2,(H,23,25). The van der Waals surface area contributed by atoms with Gasteiger partial charge in [0.15, 0.2) is 0 Å². The number of nitrogens with one attached hydrogen (secondary N) is 1. The molecule has 2 aromatic carbocycles. The van der Waals surface area contributed by atoms with Crippen molar-refractivity contribution in [3.8, 4) is 0 Å². The average Bonchev–Trinajstić information content (AvgIpc) is 2.74. The number of pyridine rings is 1. The fraction of sp³-hybridized carbons (Fsp3) is 0.238. The van der Waals surface area contributed by atoms with Gasteiger partial charge in [0.2, 0.25) is 10.0 Å². The molecular formula is C21H21N3O3S. The highest BCUT2D eigenvalue weighted by Crippen LogP contribution is 2.24. The molecule has 0 atom stereocenters. The second-order valence-corrected chi connectivity index (χ2v) is 8.76. The largest absolute Gasteiger partial charge is 0.322 e. The van der Waals surface area contributed by atoms with Gasteiger partial charge in [0.25, 0.3) is 5.91 Å². The number of nitrogens with zero attached hydrogens (tertiary/aromatic N) is 2. The number of carbonyl (C=O) groups is 1. The smallest absolute Gasteiger partial charge is 0.256 e. The zero-order chi connectivity index (χ0) is 19.6. The summed E-state index contributed by atoms with van der Waals surface area (Å²) in [6.07, 6.45) is 4.50. The zero-order valence-electron chi connectivity index (χ0n) is 15.3. The van der Waals surface area contributed by atoms with Crippen LogP contribution in [0, 0.1) is 0 Å². The summed E-state index contributed by atoms with van der Waals surface area (Å²) in [7, 11) is -3.55. The van der Waals surface area contributed by atoms with E-state index in [4.69, 9.17) is 0 Å². The lowest BCUT2D eigenvalue weighted by Crippen LogP contribution is -2.35. The molecule has 1 aromatic heterocycles. The summed E-state index contributed by atoms with van der Waals surface area (Å²) in [4.78, 5) is 17.3. The summed E-state index contributed by atoms with van der Waals surface area (Å²) >= 11 is 0. The molecule has 144 valence electrons. The number of benzene rings is 2. The summed E-state index contributed by atoms with van der Waals surface area (Å²) < 4.78 is 27.3. The van der Waals surface area contributed by atoms with E-state index in [1.807, 2.05) is 12.1 Å². The van der Waals surface area contributed by atoms with E-state index in [1.165, 1.54) is 10.4 Å². The molecule has 0 aliphatic carbocycles. The third-order valence-corrected chi connectivity index (χ3v) is 6.83. The number of aromatic nitrogens is 1. The van der Waals surface area contributed by atoms with E-state index in [9.17, 15) is 13.2 Å². The van der Waals surface area contributed by atoms with Gasteiger partial charge < -0.3 is 5.32 Å². The van der Waals surface area contributed by atoms with Crippen LogP contribution in [0.3, 0.4) is 0 Å². The van der Waals surface area contributed by atoms with Crippen molar-refractivity contribution in [1.82, 2.24) is 9.29 Å². The van der Waals surface area contributed by atoms with Crippen molar-refractivity contribution in [2.75, 3.05) is 18.4 Å². The second kappa shape index (κ2) is 7.69. The molecule has 4 rings (SSSR count). The summed E-state index contributed by atoms with van der Waals surface area (Å²) in [6, 6.07) is 15.4. The molecule has 0 saturated carbocycles. The van der Waals surface area contributed by atoms with Gasteiger partial charge in [-0.2, -0.15) is 4.31 Å². The van der Waals surface area contributed by atoms with Gasteiger partial charge in [0.1, 0.15) is 0 Å². The number of fused-ring (bicyclic) bond motifs is 1. The Bertz CT molecular complexity index is 1120. The molecule has 2 heterocycles. The minimum atomic E-state index is -3.55. The summed E-state index contributed by atoms with van der Waals surface area (Å²) in [5, 5.41) is 3.57. The van der Waals surface area contributed by atoms with Gasteiger partial charge in [0, 0.05) is 35.9 Å². The maximum absolute atomic E-state index is 12.9. The quantitative estimate of drug-likeness (QED) is 0.731. The Hall–Kier alpha value is -2.77. The molecule has 1 saturated heterocycles. The van der Waals surface area contributed by atoms with E-state index in [1.54, 1.807) is 42.6 Å². The summed E-state index contributed by atoms with van der Waals surface area (Å²) in [5.74, 6) is -0.300. The first-order chi connectivity index (χ1) is 13.6. The average molecular weight is 395 g/mol. The molecule has 28 heavy (non-hydrogen) atoms. The molecule has 1 aliphatic rings. The molecule has 0 unspecified atom stereocenters. The fourth-order valence-electron chi connectivity index (χ4n) is 3.49. The molecule has 0 bridgehead atoms. The van der Waals surface area contributed by atoms with Crippen molar-refractivity contribution < 1.29 is 13.2 Å². The van der Waals surface area contributed by atoms with Crippen LogP contribution in [0.2, 0.25) is 0 Å². The van der Waals surface area contributed by atoms with Crippen LogP contribution >= 0.6 is 0 Å². The minimum absolute atomic E-state index is 0.201. The molecule has 7 heteroatoms. The third kappa shape index (κ3) is 3.63. The monoisotopic (exact) mass is 395 g/mol. The van der Waals surface area contributed by atoms with Crippen molar-refractivity contribution in [2.24, 2.45) is 0 Å². The van der Waals surface area contributed by atoms with Crippen LogP contribution in [0.15, 0.2) is 65.7 Å².